The van der Waals surface area contributed by atoms with Crippen LogP contribution in [-0.4, -0.2) is 39.3 Å². The predicted molar refractivity (Wildman–Crippen MR) is 108 cm³/mol. The first-order valence-corrected chi connectivity index (χ1v) is 10.1. The quantitative estimate of drug-likeness (QED) is 0.529. The highest BCUT2D eigenvalue weighted by atomic mass is 32.2. The van der Waals surface area contributed by atoms with Crippen LogP contribution in [-0.2, 0) is 9.59 Å². The summed E-state index contributed by atoms with van der Waals surface area (Å²) in [6, 6.07) is 9.59. The molecule has 0 saturated carbocycles. The van der Waals surface area contributed by atoms with Gasteiger partial charge in [0.15, 0.2) is 5.82 Å². The Labute approximate surface area is 165 Å². The van der Waals surface area contributed by atoms with E-state index in [0.717, 1.165) is 21.7 Å². The minimum absolute atomic E-state index is 0.0821. The lowest BCUT2D eigenvalue weighted by molar-refractivity contribution is -0.122. The van der Waals surface area contributed by atoms with Crippen molar-refractivity contribution in [2.24, 2.45) is 0 Å². The molecule has 0 atom stereocenters. The fourth-order valence-electron chi connectivity index (χ4n) is 2.28. The van der Waals surface area contributed by atoms with E-state index >= 15 is 0 Å². The fourth-order valence-corrected chi connectivity index (χ4v) is 3.57. The maximum absolute atomic E-state index is 12.0. The Morgan fingerprint density at radius 2 is 2.04 bits per heavy atom. The van der Waals surface area contributed by atoms with E-state index < -0.39 is 0 Å². The Bertz CT molecular complexity index is 937. The van der Waals surface area contributed by atoms with Crippen molar-refractivity contribution >= 4 is 40.6 Å². The average Bonchev–Trinajstić information content (AvgIpc) is 3.33. The molecule has 7 nitrogen and oxygen atoms in total. The lowest BCUT2D eigenvalue weighted by Crippen LogP contribution is -2.34. The minimum Gasteiger partial charge on any atom is -0.346 e. The van der Waals surface area contributed by atoms with Gasteiger partial charge in [0.25, 0.3) is 0 Å². The van der Waals surface area contributed by atoms with Gasteiger partial charge < -0.3 is 10.6 Å². The second kappa shape index (κ2) is 8.83. The maximum atomic E-state index is 12.0. The maximum Gasteiger partial charge on any atom is 0.243 e. The highest BCUT2D eigenvalue weighted by Gasteiger charge is 2.11. The normalized spacial score (nSPS) is 10.6. The standard InChI is InChI=1S/C18H19N5O2S2/c1-11-5-3-6-13(12(11)2)20-15(24)9-19-16(25)10-27-18-21-17(22-23-18)14-7-4-8-26-14/h3-8H,9-10H2,1-2H3,(H,19,25)(H,20,24)(H,21,22,23). The molecule has 27 heavy (non-hydrogen) atoms. The number of aryl methyl sites for hydroxylation is 1. The number of H-pyrrole nitrogens is 1. The predicted octanol–water partition coefficient (Wildman–Crippen LogP) is 3.00. The van der Waals surface area contributed by atoms with E-state index in [0.29, 0.717) is 11.0 Å². The Morgan fingerprint density at radius 1 is 1.19 bits per heavy atom. The van der Waals surface area contributed by atoms with Crippen molar-refractivity contribution in [1.29, 1.82) is 0 Å². The fraction of sp³-hybridized carbons (Fsp3) is 0.222. The van der Waals surface area contributed by atoms with Gasteiger partial charge in [0.2, 0.25) is 17.0 Å². The van der Waals surface area contributed by atoms with Crippen molar-refractivity contribution in [1.82, 2.24) is 20.5 Å². The second-order valence-electron chi connectivity index (χ2n) is 5.80. The van der Waals surface area contributed by atoms with E-state index in [1.807, 2.05) is 49.6 Å². The molecule has 0 radical (unpaired) electrons. The molecule has 1 aromatic carbocycles. The van der Waals surface area contributed by atoms with Gasteiger partial charge >= 0.3 is 0 Å². The number of aromatic nitrogens is 3. The van der Waals surface area contributed by atoms with Gasteiger partial charge in [0.05, 0.1) is 17.2 Å². The molecule has 0 spiro atoms. The van der Waals surface area contributed by atoms with Gasteiger partial charge in [-0.2, -0.15) is 0 Å². The van der Waals surface area contributed by atoms with Gasteiger partial charge in [-0.3, -0.25) is 14.7 Å². The number of carbonyl (C=O) groups excluding carboxylic acids is 2. The highest BCUT2D eigenvalue weighted by molar-refractivity contribution is 7.99. The van der Waals surface area contributed by atoms with Gasteiger partial charge in [-0.15, -0.1) is 16.4 Å². The van der Waals surface area contributed by atoms with Gasteiger partial charge in [-0.05, 0) is 42.5 Å². The number of hydrogen-bond acceptors (Lipinski definition) is 6. The summed E-state index contributed by atoms with van der Waals surface area (Å²) >= 11 is 2.77. The van der Waals surface area contributed by atoms with Crippen LogP contribution in [0.5, 0.6) is 0 Å². The van der Waals surface area contributed by atoms with Gasteiger partial charge in [0, 0.05) is 5.69 Å². The van der Waals surface area contributed by atoms with Crippen LogP contribution in [0.2, 0.25) is 0 Å². The highest BCUT2D eigenvalue weighted by Crippen LogP contribution is 2.23. The Balaban J connectivity index is 1.43. The summed E-state index contributed by atoms with van der Waals surface area (Å²) in [4.78, 5) is 29.3. The molecule has 2 aromatic heterocycles. The van der Waals surface area contributed by atoms with Crippen LogP contribution in [0.3, 0.4) is 0 Å². The van der Waals surface area contributed by atoms with E-state index in [1.165, 1.54) is 11.8 Å². The molecule has 0 fully saturated rings. The molecule has 3 N–H and O–H groups in total. The van der Waals surface area contributed by atoms with Gasteiger partial charge in [0.1, 0.15) is 0 Å². The minimum atomic E-state index is -0.264. The molecule has 3 aromatic rings. The molecule has 2 amide bonds. The molecule has 3 rings (SSSR count). The van der Waals surface area contributed by atoms with E-state index in [4.69, 9.17) is 0 Å². The third-order valence-electron chi connectivity index (χ3n) is 3.88. The molecule has 140 valence electrons. The van der Waals surface area contributed by atoms with Crippen molar-refractivity contribution in [2.75, 3.05) is 17.6 Å². The van der Waals surface area contributed by atoms with Crippen molar-refractivity contribution in [3.05, 3.63) is 46.8 Å². The summed E-state index contributed by atoms with van der Waals surface area (Å²) in [6.45, 7) is 3.85. The molecule has 2 heterocycles. The zero-order valence-corrected chi connectivity index (χ0v) is 16.5. The molecule has 0 bridgehead atoms. The largest absolute Gasteiger partial charge is 0.346 e. The topological polar surface area (TPSA) is 99.8 Å². The molecule has 0 aliphatic heterocycles. The molecular formula is C18H19N5O2S2. The van der Waals surface area contributed by atoms with E-state index in [9.17, 15) is 9.59 Å². The van der Waals surface area contributed by atoms with Crippen LogP contribution in [0.15, 0.2) is 40.9 Å². The number of thioether (sulfide) groups is 1. The number of hydrogen-bond donors (Lipinski definition) is 3. The zero-order chi connectivity index (χ0) is 19.2. The lowest BCUT2D eigenvalue weighted by Gasteiger charge is -2.10. The molecule has 0 unspecified atom stereocenters. The van der Waals surface area contributed by atoms with Gasteiger partial charge in [-0.1, -0.05) is 30.0 Å². The monoisotopic (exact) mass is 401 g/mol. The van der Waals surface area contributed by atoms with Crippen LogP contribution >= 0.6 is 23.1 Å². The third kappa shape index (κ3) is 5.18. The van der Waals surface area contributed by atoms with Crippen LogP contribution in [0.1, 0.15) is 11.1 Å². The summed E-state index contributed by atoms with van der Waals surface area (Å²) in [5.74, 6) is 0.303. The Morgan fingerprint density at radius 3 is 2.81 bits per heavy atom. The number of thiophene rings is 1. The van der Waals surface area contributed by atoms with E-state index in [1.54, 1.807) is 11.3 Å². The van der Waals surface area contributed by atoms with Crippen LogP contribution < -0.4 is 10.6 Å². The number of aromatic amines is 1. The Hall–Kier alpha value is -2.65. The Kier molecular flexibility index (Phi) is 6.25. The number of carbonyl (C=O) groups is 2. The summed E-state index contributed by atoms with van der Waals surface area (Å²) in [7, 11) is 0. The summed E-state index contributed by atoms with van der Waals surface area (Å²) in [6.07, 6.45) is 0. The SMILES string of the molecule is Cc1cccc(NC(=O)CNC(=O)CSc2n[nH]c(-c3cccs3)n2)c1C. The smallest absolute Gasteiger partial charge is 0.243 e. The zero-order valence-electron chi connectivity index (χ0n) is 14.9. The lowest BCUT2D eigenvalue weighted by atomic mass is 10.1. The van der Waals surface area contributed by atoms with Crippen molar-refractivity contribution in [3.63, 3.8) is 0 Å². The summed E-state index contributed by atoms with van der Waals surface area (Å²) in [5, 5.41) is 14.8. The molecule has 0 saturated heterocycles. The third-order valence-corrected chi connectivity index (χ3v) is 5.60. The first-order chi connectivity index (χ1) is 13.0. The van der Waals surface area contributed by atoms with Crippen LogP contribution in [0.25, 0.3) is 10.7 Å². The van der Waals surface area contributed by atoms with E-state index in [2.05, 4.69) is 25.8 Å². The van der Waals surface area contributed by atoms with Crippen molar-refractivity contribution in [3.8, 4) is 10.7 Å². The number of nitrogens with zero attached hydrogens (tertiary/aromatic N) is 2. The molecule has 9 heteroatoms. The first-order valence-electron chi connectivity index (χ1n) is 8.25. The number of amides is 2. The van der Waals surface area contributed by atoms with Gasteiger partial charge in [-0.25, -0.2) is 4.98 Å². The molecular weight excluding hydrogens is 382 g/mol. The summed E-state index contributed by atoms with van der Waals surface area (Å²) < 4.78 is 0. The molecule has 0 aliphatic carbocycles. The van der Waals surface area contributed by atoms with Crippen molar-refractivity contribution < 1.29 is 9.59 Å². The summed E-state index contributed by atoms with van der Waals surface area (Å²) in [5.41, 5.74) is 2.87. The molecule has 0 aliphatic rings. The average molecular weight is 402 g/mol. The number of nitrogens with one attached hydrogen (secondary N) is 3. The van der Waals surface area contributed by atoms with Crippen LogP contribution in [0, 0.1) is 13.8 Å². The van der Waals surface area contributed by atoms with Crippen molar-refractivity contribution in [2.45, 2.75) is 19.0 Å². The first kappa shape index (κ1) is 19.1. The number of benzene rings is 1. The van der Waals surface area contributed by atoms with E-state index in [-0.39, 0.29) is 24.1 Å². The number of anilines is 1. The van der Waals surface area contributed by atoms with Crippen LogP contribution in [0.4, 0.5) is 5.69 Å². The second-order valence-corrected chi connectivity index (χ2v) is 7.70. The number of rotatable bonds is 7.